The summed E-state index contributed by atoms with van der Waals surface area (Å²) >= 11 is 0. The van der Waals surface area contributed by atoms with E-state index in [1.54, 1.807) is 6.07 Å². The molecule has 0 bridgehead atoms. The summed E-state index contributed by atoms with van der Waals surface area (Å²) in [6.45, 7) is 0. The maximum Gasteiger partial charge on any atom is 0.416 e. The molecule has 2 aromatic rings. The molecule has 0 saturated carbocycles. The number of hydrogen-bond acceptors (Lipinski definition) is 3. The first-order valence-electron chi connectivity index (χ1n) is 6.02. The van der Waals surface area contributed by atoms with E-state index in [2.05, 4.69) is 4.43 Å². The van der Waals surface area contributed by atoms with Crippen molar-refractivity contribution >= 4 is 10.5 Å². The van der Waals surface area contributed by atoms with Crippen LogP contribution in [0.3, 0.4) is 0 Å². The normalized spacial score (nSPS) is 12.6. The van der Waals surface area contributed by atoms with Crippen LogP contribution >= 0.6 is 0 Å². The topological polar surface area (TPSA) is 49.7 Å². The van der Waals surface area contributed by atoms with Gasteiger partial charge in [0.15, 0.2) is 10.5 Å². The number of alkyl halides is 3. The SMILES string of the molecule is OC(O)(O[SiH3])c1ccc(-c2cccc(C(F)(F)F)c2)cc1. The highest BCUT2D eigenvalue weighted by Gasteiger charge is 2.30. The van der Waals surface area contributed by atoms with Gasteiger partial charge in [-0.3, -0.25) is 0 Å². The summed E-state index contributed by atoms with van der Waals surface area (Å²) in [5.41, 5.74) is 0.317. The Kier molecular flexibility index (Phi) is 4.19. The highest BCUT2D eigenvalue weighted by Crippen LogP contribution is 2.32. The minimum absolute atomic E-state index is 0.119. The fourth-order valence-electron chi connectivity index (χ4n) is 1.87. The molecule has 112 valence electrons. The molecule has 0 spiro atoms. The van der Waals surface area contributed by atoms with E-state index in [0.29, 0.717) is 11.1 Å². The number of hydrogen-bond donors (Lipinski definition) is 2. The average Bonchev–Trinajstić information content (AvgIpc) is 2.47. The van der Waals surface area contributed by atoms with Crippen LogP contribution in [0.5, 0.6) is 0 Å². The summed E-state index contributed by atoms with van der Waals surface area (Å²) in [6.07, 6.45) is -4.40. The lowest BCUT2D eigenvalue weighted by Crippen LogP contribution is -2.27. The minimum atomic E-state index is -4.40. The first-order valence-corrected chi connectivity index (χ1v) is 6.84. The zero-order chi connectivity index (χ0) is 15.7. The Morgan fingerprint density at radius 2 is 1.48 bits per heavy atom. The van der Waals surface area contributed by atoms with Crippen molar-refractivity contribution < 1.29 is 27.8 Å². The third kappa shape index (κ3) is 3.51. The summed E-state index contributed by atoms with van der Waals surface area (Å²) in [7, 11) is 0.124. The molecule has 0 aromatic heterocycles. The molecule has 2 aromatic carbocycles. The van der Waals surface area contributed by atoms with Crippen LogP contribution in [0.1, 0.15) is 11.1 Å². The van der Waals surface area contributed by atoms with Gasteiger partial charge in [0, 0.05) is 5.56 Å². The fraction of sp³-hybridized carbons (Fsp3) is 0.143. The predicted octanol–water partition coefficient (Wildman–Crippen LogP) is 1.76. The quantitative estimate of drug-likeness (QED) is 0.670. The molecular weight excluding hydrogens is 301 g/mol. The van der Waals surface area contributed by atoms with Gasteiger partial charge in [0.25, 0.3) is 5.97 Å². The van der Waals surface area contributed by atoms with Gasteiger partial charge in [0.1, 0.15) is 0 Å². The van der Waals surface area contributed by atoms with Crippen LogP contribution in [0.25, 0.3) is 11.1 Å². The van der Waals surface area contributed by atoms with Crippen molar-refractivity contribution in [1.29, 1.82) is 0 Å². The third-order valence-corrected chi connectivity index (χ3v) is 3.64. The van der Waals surface area contributed by atoms with Crippen LogP contribution in [0.4, 0.5) is 13.2 Å². The van der Waals surface area contributed by atoms with Gasteiger partial charge < -0.3 is 14.6 Å². The Morgan fingerprint density at radius 1 is 0.857 bits per heavy atom. The lowest BCUT2D eigenvalue weighted by molar-refractivity contribution is -0.303. The largest absolute Gasteiger partial charge is 0.416 e. The summed E-state index contributed by atoms with van der Waals surface area (Å²) < 4.78 is 42.6. The number of benzene rings is 2. The molecule has 3 nitrogen and oxygen atoms in total. The van der Waals surface area contributed by atoms with Crippen LogP contribution in [-0.2, 0) is 16.6 Å². The van der Waals surface area contributed by atoms with E-state index >= 15 is 0 Å². The van der Waals surface area contributed by atoms with Crippen molar-refractivity contribution in [2.45, 2.75) is 12.1 Å². The molecule has 0 aliphatic heterocycles. The van der Waals surface area contributed by atoms with Crippen LogP contribution in [0.15, 0.2) is 48.5 Å². The molecule has 0 radical (unpaired) electrons. The highest BCUT2D eigenvalue weighted by atomic mass is 28.2. The summed E-state index contributed by atoms with van der Waals surface area (Å²) in [4.78, 5) is 0. The van der Waals surface area contributed by atoms with Gasteiger partial charge in [0.2, 0.25) is 0 Å². The zero-order valence-corrected chi connectivity index (χ0v) is 13.1. The van der Waals surface area contributed by atoms with Crippen molar-refractivity contribution in [3.63, 3.8) is 0 Å². The molecule has 0 saturated heterocycles. The molecular formula is C14H13F3O3Si. The Labute approximate surface area is 122 Å². The van der Waals surface area contributed by atoms with Gasteiger partial charge in [-0.2, -0.15) is 13.2 Å². The monoisotopic (exact) mass is 314 g/mol. The van der Waals surface area contributed by atoms with Crippen molar-refractivity contribution in [3.05, 3.63) is 59.7 Å². The van der Waals surface area contributed by atoms with E-state index in [9.17, 15) is 23.4 Å². The maximum absolute atomic E-state index is 12.7. The van der Waals surface area contributed by atoms with Crippen LogP contribution in [-0.4, -0.2) is 20.7 Å². The molecule has 7 heteroatoms. The number of aliphatic hydroxyl groups is 2. The summed E-state index contributed by atoms with van der Waals surface area (Å²) in [5, 5.41) is 19.1. The van der Waals surface area contributed by atoms with Crippen molar-refractivity contribution in [1.82, 2.24) is 0 Å². The van der Waals surface area contributed by atoms with E-state index in [0.717, 1.165) is 12.1 Å². The van der Waals surface area contributed by atoms with E-state index < -0.39 is 17.7 Å². The first kappa shape index (κ1) is 15.7. The molecule has 0 aliphatic carbocycles. The molecule has 2 N–H and O–H groups in total. The molecule has 2 rings (SSSR count). The van der Waals surface area contributed by atoms with E-state index in [-0.39, 0.29) is 16.0 Å². The number of rotatable bonds is 3. The second kappa shape index (κ2) is 5.61. The Balaban J connectivity index is 2.36. The second-order valence-electron chi connectivity index (χ2n) is 4.47. The second-order valence-corrected chi connectivity index (χ2v) is 4.88. The Bertz CT molecular complexity index is 624. The fourth-order valence-corrected chi connectivity index (χ4v) is 2.11. The van der Waals surface area contributed by atoms with Crippen molar-refractivity contribution in [3.8, 4) is 11.1 Å². The smallest absolute Gasteiger partial charge is 0.377 e. The van der Waals surface area contributed by atoms with E-state index in [4.69, 9.17) is 0 Å². The average molecular weight is 314 g/mol. The van der Waals surface area contributed by atoms with Crippen molar-refractivity contribution in [2.75, 3.05) is 0 Å². The lowest BCUT2D eigenvalue weighted by atomic mass is 10.0. The van der Waals surface area contributed by atoms with Gasteiger partial charge >= 0.3 is 6.18 Å². The predicted molar refractivity (Wildman–Crippen MR) is 74.0 cm³/mol. The highest BCUT2D eigenvalue weighted by molar-refractivity contribution is 5.98. The molecule has 0 amide bonds. The molecule has 21 heavy (non-hydrogen) atoms. The van der Waals surface area contributed by atoms with Crippen molar-refractivity contribution in [2.24, 2.45) is 0 Å². The standard InChI is InChI=1S/C14H13F3O3Si/c15-13(16,17)12-3-1-2-10(8-12)9-4-6-11(7-5-9)14(18,19)20-21/h1-8,18-19H,21H3. The molecule has 0 fully saturated rings. The van der Waals surface area contributed by atoms with Gasteiger partial charge in [-0.05, 0) is 23.3 Å². The Morgan fingerprint density at radius 3 is 2.00 bits per heavy atom. The molecule has 0 atom stereocenters. The third-order valence-electron chi connectivity index (χ3n) is 3.07. The van der Waals surface area contributed by atoms with Crippen LogP contribution in [0, 0.1) is 0 Å². The van der Waals surface area contributed by atoms with Crippen LogP contribution in [0.2, 0.25) is 0 Å². The maximum atomic E-state index is 12.7. The van der Waals surface area contributed by atoms with E-state index in [1.807, 2.05) is 0 Å². The molecule has 0 unspecified atom stereocenters. The summed E-state index contributed by atoms with van der Waals surface area (Å²) in [6, 6.07) is 10.7. The van der Waals surface area contributed by atoms with Gasteiger partial charge in [0.05, 0.1) is 5.56 Å². The van der Waals surface area contributed by atoms with Gasteiger partial charge in [-0.25, -0.2) is 0 Å². The molecule has 0 aliphatic rings. The van der Waals surface area contributed by atoms with Gasteiger partial charge in [-0.15, -0.1) is 0 Å². The summed E-state index contributed by atoms with van der Waals surface area (Å²) in [5.74, 6) is -2.36. The minimum Gasteiger partial charge on any atom is -0.377 e. The first-order chi connectivity index (χ1) is 9.74. The lowest BCUT2D eigenvalue weighted by Gasteiger charge is -2.20. The molecule has 0 heterocycles. The van der Waals surface area contributed by atoms with E-state index in [1.165, 1.54) is 30.3 Å². The zero-order valence-electron chi connectivity index (χ0n) is 11.1. The Hall–Kier alpha value is -1.67. The van der Waals surface area contributed by atoms with Crippen LogP contribution < -0.4 is 0 Å². The van der Waals surface area contributed by atoms with Gasteiger partial charge in [-0.1, -0.05) is 36.4 Å². The number of halogens is 3.